The van der Waals surface area contributed by atoms with Gasteiger partial charge in [0.15, 0.2) is 0 Å². The summed E-state index contributed by atoms with van der Waals surface area (Å²) in [4.78, 5) is 0. The third-order valence-electron chi connectivity index (χ3n) is 4.68. The lowest BCUT2D eigenvalue weighted by molar-refractivity contribution is 0.241. The maximum atomic E-state index is 9.14. The second-order valence-corrected chi connectivity index (χ2v) is 6.07. The minimum Gasteiger partial charge on any atom is -0.396 e. The molecule has 1 saturated carbocycles. The van der Waals surface area contributed by atoms with E-state index in [0.717, 1.165) is 32.5 Å². The fraction of sp³-hybridized carbons (Fsp3) is 0.625. The Morgan fingerprint density at radius 3 is 2.95 bits per heavy atom. The Hall–Kier alpha value is -0.900. The molecule has 1 fully saturated rings. The van der Waals surface area contributed by atoms with Crippen molar-refractivity contribution in [2.24, 2.45) is 5.41 Å². The first-order valence-electron chi connectivity index (χ1n) is 7.46. The monoisotopic (exact) mass is 260 g/mol. The van der Waals surface area contributed by atoms with Gasteiger partial charge in [0.05, 0.1) is 0 Å². The zero-order valence-corrected chi connectivity index (χ0v) is 11.5. The third kappa shape index (κ3) is 2.99. The van der Waals surface area contributed by atoms with Crippen LogP contribution in [-0.2, 0) is 6.54 Å². The molecule has 2 aliphatic rings. The van der Waals surface area contributed by atoms with E-state index in [4.69, 9.17) is 5.11 Å². The predicted octanol–water partition coefficient (Wildman–Crippen LogP) is 1.97. The zero-order valence-electron chi connectivity index (χ0n) is 11.5. The van der Waals surface area contributed by atoms with Gasteiger partial charge in [-0.25, -0.2) is 0 Å². The van der Waals surface area contributed by atoms with Crippen molar-refractivity contribution in [1.29, 1.82) is 0 Å². The van der Waals surface area contributed by atoms with E-state index in [2.05, 4.69) is 34.9 Å². The smallest absolute Gasteiger partial charge is 0.0436 e. The van der Waals surface area contributed by atoms with Gasteiger partial charge in [-0.05, 0) is 48.8 Å². The second kappa shape index (κ2) is 5.61. The first-order valence-corrected chi connectivity index (χ1v) is 7.46. The number of aliphatic hydroxyl groups excluding tert-OH is 1. The standard InChI is InChI=1S/C16H24N2O/c19-10-8-16(6-7-16)12-18-15-5-9-17-11-13-3-1-2-4-14(13)15/h1-4,15,17-19H,5-12H2. The quantitative estimate of drug-likeness (QED) is 0.758. The van der Waals surface area contributed by atoms with Gasteiger partial charge in [-0.3, -0.25) is 0 Å². The number of rotatable bonds is 5. The molecule has 1 heterocycles. The summed E-state index contributed by atoms with van der Waals surface area (Å²) >= 11 is 0. The van der Waals surface area contributed by atoms with Gasteiger partial charge in [-0.15, -0.1) is 0 Å². The first-order chi connectivity index (χ1) is 9.33. The third-order valence-corrected chi connectivity index (χ3v) is 4.68. The van der Waals surface area contributed by atoms with E-state index >= 15 is 0 Å². The van der Waals surface area contributed by atoms with E-state index in [9.17, 15) is 0 Å². The molecule has 0 bridgehead atoms. The predicted molar refractivity (Wildman–Crippen MR) is 76.9 cm³/mol. The van der Waals surface area contributed by atoms with Crippen LogP contribution in [0.2, 0.25) is 0 Å². The molecule has 19 heavy (non-hydrogen) atoms. The van der Waals surface area contributed by atoms with Crippen LogP contribution in [0.5, 0.6) is 0 Å². The normalized spacial score (nSPS) is 24.6. The highest BCUT2D eigenvalue weighted by Gasteiger charge is 2.41. The Labute approximate surface area is 115 Å². The topological polar surface area (TPSA) is 44.3 Å². The highest BCUT2D eigenvalue weighted by atomic mass is 16.3. The molecule has 1 aliphatic heterocycles. The molecule has 0 spiro atoms. The lowest BCUT2D eigenvalue weighted by atomic mass is 9.97. The van der Waals surface area contributed by atoms with Crippen molar-refractivity contribution in [3.8, 4) is 0 Å². The summed E-state index contributed by atoms with van der Waals surface area (Å²) in [6, 6.07) is 9.20. The van der Waals surface area contributed by atoms with Crippen molar-refractivity contribution in [3.05, 3.63) is 35.4 Å². The van der Waals surface area contributed by atoms with Crippen molar-refractivity contribution in [2.45, 2.75) is 38.3 Å². The maximum absolute atomic E-state index is 9.14. The molecule has 104 valence electrons. The molecule has 0 aromatic heterocycles. The Morgan fingerprint density at radius 2 is 2.16 bits per heavy atom. The van der Waals surface area contributed by atoms with Gasteiger partial charge in [0, 0.05) is 25.7 Å². The van der Waals surface area contributed by atoms with E-state index < -0.39 is 0 Å². The van der Waals surface area contributed by atoms with Crippen LogP contribution in [-0.4, -0.2) is 24.8 Å². The summed E-state index contributed by atoms with van der Waals surface area (Å²) in [7, 11) is 0. The van der Waals surface area contributed by atoms with Crippen LogP contribution < -0.4 is 10.6 Å². The lowest BCUT2D eigenvalue weighted by Gasteiger charge is -2.23. The SMILES string of the molecule is OCCC1(CNC2CCNCc3ccccc32)CC1. The largest absolute Gasteiger partial charge is 0.396 e. The average molecular weight is 260 g/mol. The summed E-state index contributed by atoms with van der Waals surface area (Å²) in [5, 5.41) is 16.4. The zero-order chi connectivity index (χ0) is 13.1. The van der Waals surface area contributed by atoms with Crippen LogP contribution in [0, 0.1) is 5.41 Å². The summed E-state index contributed by atoms with van der Waals surface area (Å²) in [6.45, 7) is 3.42. The number of aliphatic hydroxyl groups is 1. The number of benzene rings is 1. The van der Waals surface area contributed by atoms with E-state index in [1.54, 1.807) is 0 Å². The molecular weight excluding hydrogens is 236 g/mol. The number of hydrogen-bond donors (Lipinski definition) is 3. The van der Waals surface area contributed by atoms with Gasteiger partial charge in [-0.1, -0.05) is 24.3 Å². The molecule has 0 amide bonds. The van der Waals surface area contributed by atoms with E-state index in [-0.39, 0.29) is 0 Å². The summed E-state index contributed by atoms with van der Waals surface area (Å²) in [5.41, 5.74) is 3.26. The number of fused-ring (bicyclic) bond motifs is 1. The van der Waals surface area contributed by atoms with Crippen molar-refractivity contribution >= 4 is 0 Å². The molecule has 3 rings (SSSR count). The maximum Gasteiger partial charge on any atom is 0.0436 e. The molecule has 1 aromatic rings. The number of hydrogen-bond acceptors (Lipinski definition) is 3. The molecule has 1 aromatic carbocycles. The molecular formula is C16H24N2O. The Bertz CT molecular complexity index is 429. The Kier molecular flexibility index (Phi) is 3.87. The minimum atomic E-state index is 0.324. The van der Waals surface area contributed by atoms with Crippen LogP contribution in [0.4, 0.5) is 0 Å². The van der Waals surface area contributed by atoms with Gasteiger partial charge in [0.25, 0.3) is 0 Å². The van der Waals surface area contributed by atoms with Crippen LogP contribution in [0.15, 0.2) is 24.3 Å². The first kappa shape index (κ1) is 13.1. The molecule has 1 atom stereocenters. The fourth-order valence-corrected chi connectivity index (χ4v) is 3.14. The van der Waals surface area contributed by atoms with E-state index in [1.807, 2.05) is 0 Å². The van der Waals surface area contributed by atoms with Crippen LogP contribution in [0.25, 0.3) is 0 Å². The van der Waals surface area contributed by atoms with Gasteiger partial charge in [0.2, 0.25) is 0 Å². The van der Waals surface area contributed by atoms with Gasteiger partial charge < -0.3 is 15.7 Å². The highest BCUT2D eigenvalue weighted by molar-refractivity contribution is 5.31. The highest BCUT2D eigenvalue weighted by Crippen LogP contribution is 2.48. The van der Waals surface area contributed by atoms with Crippen molar-refractivity contribution in [2.75, 3.05) is 19.7 Å². The van der Waals surface area contributed by atoms with Crippen LogP contribution >= 0.6 is 0 Å². The Balaban J connectivity index is 1.67. The van der Waals surface area contributed by atoms with Gasteiger partial charge in [-0.2, -0.15) is 0 Å². The second-order valence-electron chi connectivity index (χ2n) is 6.07. The Morgan fingerprint density at radius 1 is 1.32 bits per heavy atom. The average Bonchev–Trinajstić information content (AvgIpc) is 3.21. The van der Waals surface area contributed by atoms with Crippen molar-refractivity contribution in [3.63, 3.8) is 0 Å². The molecule has 0 saturated heterocycles. The fourth-order valence-electron chi connectivity index (χ4n) is 3.14. The van der Waals surface area contributed by atoms with Gasteiger partial charge in [0.1, 0.15) is 0 Å². The van der Waals surface area contributed by atoms with E-state index in [1.165, 1.54) is 24.0 Å². The lowest BCUT2D eigenvalue weighted by Crippen LogP contribution is -2.30. The summed E-state index contributed by atoms with van der Waals surface area (Å²) in [6.07, 6.45) is 4.64. The summed E-state index contributed by atoms with van der Waals surface area (Å²) < 4.78 is 0. The van der Waals surface area contributed by atoms with Crippen molar-refractivity contribution in [1.82, 2.24) is 10.6 Å². The minimum absolute atomic E-state index is 0.324. The van der Waals surface area contributed by atoms with Crippen LogP contribution in [0.1, 0.15) is 42.9 Å². The molecule has 1 unspecified atom stereocenters. The van der Waals surface area contributed by atoms with Crippen molar-refractivity contribution < 1.29 is 5.11 Å². The van der Waals surface area contributed by atoms with Crippen LogP contribution in [0.3, 0.4) is 0 Å². The molecule has 3 heteroatoms. The molecule has 3 nitrogen and oxygen atoms in total. The molecule has 0 radical (unpaired) electrons. The summed E-state index contributed by atoms with van der Waals surface area (Å²) in [5.74, 6) is 0. The van der Waals surface area contributed by atoms with E-state index in [0.29, 0.717) is 18.1 Å². The number of nitrogens with one attached hydrogen (secondary N) is 2. The molecule has 1 aliphatic carbocycles. The van der Waals surface area contributed by atoms with Gasteiger partial charge >= 0.3 is 0 Å². The molecule has 3 N–H and O–H groups in total.